The maximum Gasteiger partial charge on any atom is 0.168 e. The number of nitrogens with zero attached hydrogens (tertiary/aromatic N) is 4. The van der Waals surface area contributed by atoms with Crippen molar-refractivity contribution in [1.82, 2.24) is 19.7 Å². The fourth-order valence-electron chi connectivity index (χ4n) is 2.86. The molecule has 1 aliphatic rings. The van der Waals surface area contributed by atoms with E-state index in [1.54, 1.807) is 18.3 Å². The molecule has 0 amide bonds. The van der Waals surface area contributed by atoms with Crippen LogP contribution in [0.1, 0.15) is 6.42 Å². The highest BCUT2D eigenvalue weighted by Gasteiger charge is 2.28. The molecule has 0 bridgehead atoms. The SMILES string of the molecule is O=S1(=O)CCC(Nc2ncnc3c2cnn3-c2cccc(F)c2)C1. The second-order valence-corrected chi connectivity index (χ2v) is 7.97. The maximum atomic E-state index is 13.4. The first kappa shape index (κ1) is 15.0. The predicted octanol–water partition coefficient (Wildman–Crippen LogP) is 1.55. The summed E-state index contributed by atoms with van der Waals surface area (Å²) in [5.41, 5.74) is 1.08. The smallest absolute Gasteiger partial charge is 0.168 e. The molecule has 3 heterocycles. The maximum absolute atomic E-state index is 13.4. The van der Waals surface area contributed by atoms with Crippen LogP contribution in [0, 0.1) is 5.82 Å². The standard InChI is InChI=1S/C15H14FN5O2S/c16-10-2-1-3-12(6-10)21-15-13(7-19-21)14(17-9-18-15)20-11-4-5-24(22,23)8-11/h1-3,6-7,9,11H,4-5,8H2,(H,17,18,20). The highest BCUT2D eigenvalue weighted by molar-refractivity contribution is 7.91. The summed E-state index contributed by atoms with van der Waals surface area (Å²) in [6.07, 6.45) is 3.52. The van der Waals surface area contributed by atoms with Crippen LogP contribution in [0.4, 0.5) is 10.2 Å². The van der Waals surface area contributed by atoms with Gasteiger partial charge in [0.15, 0.2) is 15.5 Å². The Bertz CT molecular complexity index is 1020. The van der Waals surface area contributed by atoms with Crippen molar-refractivity contribution in [1.29, 1.82) is 0 Å². The molecule has 2 aromatic heterocycles. The third kappa shape index (κ3) is 2.71. The average Bonchev–Trinajstić information content (AvgIpc) is 3.11. The summed E-state index contributed by atoms with van der Waals surface area (Å²) in [6.45, 7) is 0. The molecule has 1 aliphatic heterocycles. The lowest BCUT2D eigenvalue weighted by atomic mass is 10.2. The van der Waals surface area contributed by atoms with Gasteiger partial charge in [0, 0.05) is 6.04 Å². The predicted molar refractivity (Wildman–Crippen MR) is 87.3 cm³/mol. The van der Waals surface area contributed by atoms with Gasteiger partial charge < -0.3 is 5.32 Å². The third-order valence-electron chi connectivity index (χ3n) is 3.99. The number of rotatable bonds is 3. The van der Waals surface area contributed by atoms with Gasteiger partial charge >= 0.3 is 0 Å². The number of fused-ring (bicyclic) bond motifs is 1. The van der Waals surface area contributed by atoms with Crippen molar-refractivity contribution < 1.29 is 12.8 Å². The molecule has 1 N–H and O–H groups in total. The zero-order chi connectivity index (χ0) is 16.7. The Morgan fingerprint density at radius 3 is 2.92 bits per heavy atom. The van der Waals surface area contributed by atoms with Crippen LogP contribution in [-0.2, 0) is 9.84 Å². The van der Waals surface area contributed by atoms with Crippen LogP contribution < -0.4 is 5.32 Å². The molecule has 0 radical (unpaired) electrons. The fraction of sp³-hybridized carbons (Fsp3) is 0.267. The highest BCUT2D eigenvalue weighted by atomic mass is 32.2. The molecule has 1 fully saturated rings. The van der Waals surface area contributed by atoms with E-state index in [2.05, 4.69) is 20.4 Å². The Morgan fingerprint density at radius 1 is 1.29 bits per heavy atom. The number of benzene rings is 1. The van der Waals surface area contributed by atoms with Gasteiger partial charge in [-0.15, -0.1) is 0 Å². The van der Waals surface area contributed by atoms with E-state index in [-0.39, 0.29) is 23.4 Å². The van der Waals surface area contributed by atoms with Gasteiger partial charge in [0.25, 0.3) is 0 Å². The summed E-state index contributed by atoms with van der Waals surface area (Å²) < 4.78 is 38.1. The van der Waals surface area contributed by atoms with Crippen LogP contribution in [0.3, 0.4) is 0 Å². The minimum absolute atomic E-state index is 0.0938. The van der Waals surface area contributed by atoms with Crippen LogP contribution in [0.15, 0.2) is 36.8 Å². The molecule has 0 spiro atoms. The minimum Gasteiger partial charge on any atom is -0.366 e. The number of nitrogens with one attached hydrogen (secondary N) is 1. The Hall–Kier alpha value is -2.55. The first-order valence-corrected chi connectivity index (χ1v) is 9.26. The second kappa shape index (κ2) is 5.52. The van der Waals surface area contributed by atoms with E-state index >= 15 is 0 Å². The topological polar surface area (TPSA) is 89.8 Å². The monoisotopic (exact) mass is 347 g/mol. The van der Waals surface area contributed by atoms with Gasteiger partial charge in [-0.05, 0) is 24.6 Å². The molecule has 7 nitrogen and oxygen atoms in total. The minimum atomic E-state index is -2.98. The van der Waals surface area contributed by atoms with Crippen LogP contribution in [0.5, 0.6) is 0 Å². The van der Waals surface area contributed by atoms with Crippen molar-refractivity contribution in [3.63, 3.8) is 0 Å². The fourth-order valence-corrected chi connectivity index (χ4v) is 4.53. The van der Waals surface area contributed by atoms with Crippen molar-refractivity contribution in [2.75, 3.05) is 16.8 Å². The van der Waals surface area contributed by atoms with Crippen molar-refractivity contribution in [2.45, 2.75) is 12.5 Å². The van der Waals surface area contributed by atoms with E-state index in [4.69, 9.17) is 0 Å². The summed E-state index contributed by atoms with van der Waals surface area (Å²) in [5.74, 6) is 0.447. The Morgan fingerprint density at radius 2 is 2.17 bits per heavy atom. The summed E-state index contributed by atoms with van der Waals surface area (Å²) in [6, 6.07) is 5.88. The number of hydrogen-bond donors (Lipinski definition) is 1. The average molecular weight is 347 g/mol. The van der Waals surface area contributed by atoms with E-state index in [0.29, 0.717) is 29.0 Å². The molecule has 3 aromatic rings. The number of halogens is 1. The van der Waals surface area contributed by atoms with Crippen LogP contribution in [0.2, 0.25) is 0 Å². The zero-order valence-electron chi connectivity index (χ0n) is 12.6. The highest BCUT2D eigenvalue weighted by Crippen LogP contribution is 2.24. The Kier molecular flexibility index (Phi) is 3.45. The van der Waals surface area contributed by atoms with Gasteiger partial charge in [-0.2, -0.15) is 5.10 Å². The van der Waals surface area contributed by atoms with Crippen molar-refractivity contribution >= 4 is 26.7 Å². The summed E-state index contributed by atoms with van der Waals surface area (Å²) >= 11 is 0. The quantitative estimate of drug-likeness (QED) is 0.773. The zero-order valence-corrected chi connectivity index (χ0v) is 13.4. The van der Waals surface area contributed by atoms with Gasteiger partial charge in [0.2, 0.25) is 0 Å². The molecule has 1 aromatic carbocycles. The molecule has 1 saturated heterocycles. The van der Waals surface area contributed by atoms with Gasteiger partial charge in [0.1, 0.15) is 18.0 Å². The molecule has 4 rings (SSSR count). The number of hydrogen-bond acceptors (Lipinski definition) is 6. The van der Waals surface area contributed by atoms with Crippen molar-refractivity contribution in [3.8, 4) is 5.69 Å². The van der Waals surface area contributed by atoms with Gasteiger partial charge in [-0.1, -0.05) is 6.07 Å². The van der Waals surface area contributed by atoms with Crippen molar-refractivity contribution in [2.24, 2.45) is 0 Å². The largest absolute Gasteiger partial charge is 0.366 e. The van der Waals surface area contributed by atoms with Gasteiger partial charge in [-0.3, -0.25) is 0 Å². The summed E-state index contributed by atoms with van der Waals surface area (Å²) in [5, 5.41) is 8.08. The van der Waals surface area contributed by atoms with Crippen LogP contribution in [-0.4, -0.2) is 45.7 Å². The third-order valence-corrected chi connectivity index (χ3v) is 5.76. The molecule has 124 valence electrons. The molecular weight excluding hydrogens is 333 g/mol. The van der Waals surface area contributed by atoms with E-state index in [1.807, 2.05) is 0 Å². The molecule has 0 aliphatic carbocycles. The number of aromatic nitrogens is 4. The van der Waals surface area contributed by atoms with E-state index in [1.165, 1.54) is 23.1 Å². The molecule has 0 saturated carbocycles. The molecule has 9 heteroatoms. The Labute approximate surface area is 137 Å². The lowest BCUT2D eigenvalue weighted by Crippen LogP contribution is -2.21. The van der Waals surface area contributed by atoms with E-state index in [9.17, 15) is 12.8 Å². The second-order valence-electron chi connectivity index (χ2n) is 5.74. The van der Waals surface area contributed by atoms with Gasteiger partial charge in [0.05, 0.1) is 28.8 Å². The van der Waals surface area contributed by atoms with E-state index in [0.717, 1.165) is 0 Å². The lowest BCUT2D eigenvalue weighted by molar-refractivity contribution is 0.602. The van der Waals surface area contributed by atoms with Gasteiger partial charge in [-0.25, -0.2) is 27.5 Å². The van der Waals surface area contributed by atoms with E-state index < -0.39 is 9.84 Å². The first-order valence-electron chi connectivity index (χ1n) is 7.43. The first-order chi connectivity index (χ1) is 11.5. The van der Waals surface area contributed by atoms with Crippen LogP contribution in [0.25, 0.3) is 16.7 Å². The lowest BCUT2D eigenvalue weighted by Gasteiger charge is -2.11. The van der Waals surface area contributed by atoms with Crippen molar-refractivity contribution in [3.05, 3.63) is 42.6 Å². The Balaban J connectivity index is 1.72. The number of anilines is 1. The molecule has 1 unspecified atom stereocenters. The molecular formula is C15H14FN5O2S. The molecule has 1 atom stereocenters. The summed E-state index contributed by atoms with van der Waals surface area (Å²) in [7, 11) is -2.98. The summed E-state index contributed by atoms with van der Waals surface area (Å²) in [4.78, 5) is 8.42. The molecule has 24 heavy (non-hydrogen) atoms. The van der Waals surface area contributed by atoms with Crippen LogP contribution >= 0.6 is 0 Å². The number of sulfone groups is 1. The normalized spacial score (nSPS) is 19.6.